The number of nitrogens with one attached hydrogen (secondary N) is 1. The SMILES string of the molecule is Cc1cc(Br)cc(CC2CC(NC(=O)OC(C)(C)C)CCN2C(=O)O)c1. The molecule has 1 aliphatic rings. The van der Waals surface area contributed by atoms with Gasteiger partial charge in [0.15, 0.2) is 0 Å². The summed E-state index contributed by atoms with van der Waals surface area (Å²) in [6, 6.07) is 5.81. The average molecular weight is 427 g/mol. The Bertz CT molecular complexity index is 652. The number of aryl methyl sites for hydroxylation is 1. The molecule has 2 atom stereocenters. The third-order valence-corrected chi connectivity index (χ3v) is 4.71. The van der Waals surface area contributed by atoms with Crippen LogP contribution in [0.15, 0.2) is 22.7 Å². The number of piperidine rings is 1. The topological polar surface area (TPSA) is 78.9 Å². The molecule has 0 radical (unpaired) electrons. The predicted molar refractivity (Wildman–Crippen MR) is 103 cm³/mol. The largest absolute Gasteiger partial charge is 0.465 e. The third-order valence-electron chi connectivity index (χ3n) is 4.26. The molecule has 0 aliphatic carbocycles. The minimum atomic E-state index is -0.919. The molecule has 1 aromatic carbocycles. The molecule has 0 saturated carbocycles. The van der Waals surface area contributed by atoms with Crippen molar-refractivity contribution in [1.29, 1.82) is 0 Å². The quantitative estimate of drug-likeness (QED) is 0.753. The molecule has 2 rings (SSSR count). The maximum Gasteiger partial charge on any atom is 0.407 e. The van der Waals surface area contributed by atoms with E-state index in [0.29, 0.717) is 25.8 Å². The van der Waals surface area contributed by atoms with Gasteiger partial charge in [0.2, 0.25) is 0 Å². The first kappa shape index (κ1) is 20.6. The standard InChI is InChI=1S/C19H27BrN2O4/c1-12-7-13(9-14(20)8-12)10-16-11-15(5-6-22(16)18(24)25)21-17(23)26-19(2,3)4/h7-9,15-16H,5-6,10-11H2,1-4H3,(H,21,23)(H,24,25). The highest BCUT2D eigenvalue weighted by molar-refractivity contribution is 9.10. The Kier molecular flexibility index (Phi) is 6.55. The molecule has 7 heteroatoms. The van der Waals surface area contributed by atoms with Crippen molar-refractivity contribution < 1.29 is 19.4 Å². The van der Waals surface area contributed by atoms with Crippen molar-refractivity contribution in [2.75, 3.05) is 6.54 Å². The van der Waals surface area contributed by atoms with E-state index in [0.717, 1.165) is 15.6 Å². The molecule has 0 spiro atoms. The summed E-state index contributed by atoms with van der Waals surface area (Å²) in [5.41, 5.74) is 1.64. The van der Waals surface area contributed by atoms with Gasteiger partial charge in [0.25, 0.3) is 0 Å². The van der Waals surface area contributed by atoms with Crippen LogP contribution in [0.1, 0.15) is 44.7 Å². The number of amides is 2. The number of halogens is 1. The van der Waals surface area contributed by atoms with Crippen LogP contribution < -0.4 is 5.32 Å². The molecule has 144 valence electrons. The van der Waals surface area contributed by atoms with Crippen molar-refractivity contribution in [1.82, 2.24) is 10.2 Å². The van der Waals surface area contributed by atoms with Gasteiger partial charge >= 0.3 is 12.2 Å². The fourth-order valence-electron chi connectivity index (χ4n) is 3.30. The normalized spacial score (nSPS) is 20.6. The molecule has 0 bridgehead atoms. The smallest absolute Gasteiger partial charge is 0.407 e. The number of hydrogen-bond acceptors (Lipinski definition) is 3. The molecule has 1 aliphatic heterocycles. The minimum absolute atomic E-state index is 0.0984. The van der Waals surface area contributed by atoms with Crippen LogP contribution in [0.5, 0.6) is 0 Å². The molecular weight excluding hydrogens is 400 g/mol. The monoisotopic (exact) mass is 426 g/mol. The number of carbonyl (C=O) groups is 2. The van der Waals surface area contributed by atoms with Crippen LogP contribution in [-0.4, -0.2) is 46.4 Å². The molecule has 2 amide bonds. The lowest BCUT2D eigenvalue weighted by Crippen LogP contribution is -2.52. The van der Waals surface area contributed by atoms with Crippen LogP contribution in [0.4, 0.5) is 9.59 Å². The number of alkyl carbamates (subject to hydrolysis) is 1. The van der Waals surface area contributed by atoms with Crippen molar-refractivity contribution in [2.24, 2.45) is 0 Å². The van der Waals surface area contributed by atoms with Gasteiger partial charge in [-0.05, 0) is 70.2 Å². The highest BCUT2D eigenvalue weighted by Gasteiger charge is 2.33. The molecular formula is C19H27BrN2O4. The van der Waals surface area contributed by atoms with E-state index < -0.39 is 17.8 Å². The zero-order valence-electron chi connectivity index (χ0n) is 15.7. The summed E-state index contributed by atoms with van der Waals surface area (Å²) in [6.07, 6.45) is 0.385. The summed E-state index contributed by atoms with van der Waals surface area (Å²) in [7, 11) is 0. The lowest BCUT2D eigenvalue weighted by atomic mass is 9.92. The number of likely N-dealkylation sites (tertiary alicyclic amines) is 1. The molecule has 1 saturated heterocycles. The Morgan fingerprint density at radius 2 is 2.04 bits per heavy atom. The van der Waals surface area contributed by atoms with E-state index in [2.05, 4.69) is 27.3 Å². The van der Waals surface area contributed by atoms with E-state index >= 15 is 0 Å². The fraction of sp³-hybridized carbons (Fsp3) is 0.579. The van der Waals surface area contributed by atoms with Gasteiger partial charge in [-0.1, -0.05) is 22.0 Å². The number of nitrogens with zero attached hydrogens (tertiary/aromatic N) is 1. The van der Waals surface area contributed by atoms with E-state index in [1.807, 2.05) is 39.8 Å². The molecule has 1 heterocycles. The first-order valence-corrected chi connectivity index (χ1v) is 9.58. The summed E-state index contributed by atoms with van der Waals surface area (Å²) < 4.78 is 6.29. The van der Waals surface area contributed by atoms with Gasteiger partial charge in [-0.25, -0.2) is 9.59 Å². The maximum atomic E-state index is 12.0. The molecule has 26 heavy (non-hydrogen) atoms. The van der Waals surface area contributed by atoms with Crippen LogP contribution in [-0.2, 0) is 11.2 Å². The van der Waals surface area contributed by atoms with Gasteiger partial charge in [-0.2, -0.15) is 0 Å². The van der Waals surface area contributed by atoms with Crippen molar-refractivity contribution in [2.45, 2.75) is 64.6 Å². The van der Waals surface area contributed by atoms with Gasteiger partial charge in [-0.3, -0.25) is 0 Å². The highest BCUT2D eigenvalue weighted by Crippen LogP contribution is 2.24. The lowest BCUT2D eigenvalue weighted by molar-refractivity contribution is 0.0455. The Balaban J connectivity index is 2.07. The number of carboxylic acid groups (broad SMARTS) is 1. The van der Waals surface area contributed by atoms with Crippen LogP contribution in [0.2, 0.25) is 0 Å². The molecule has 1 fully saturated rings. The van der Waals surface area contributed by atoms with E-state index in [1.54, 1.807) is 0 Å². The zero-order valence-corrected chi connectivity index (χ0v) is 17.3. The number of ether oxygens (including phenoxy) is 1. The second-order valence-corrected chi connectivity index (χ2v) is 8.75. The first-order valence-electron chi connectivity index (χ1n) is 8.78. The number of rotatable bonds is 3. The van der Waals surface area contributed by atoms with Crippen LogP contribution in [0, 0.1) is 6.92 Å². The average Bonchev–Trinajstić information content (AvgIpc) is 2.43. The lowest BCUT2D eigenvalue weighted by Gasteiger charge is -2.38. The summed E-state index contributed by atoms with van der Waals surface area (Å²) >= 11 is 3.49. The van der Waals surface area contributed by atoms with Crippen LogP contribution >= 0.6 is 15.9 Å². The second-order valence-electron chi connectivity index (χ2n) is 7.84. The molecule has 1 aromatic rings. The summed E-state index contributed by atoms with van der Waals surface area (Å²) in [6.45, 7) is 7.86. The van der Waals surface area contributed by atoms with Crippen LogP contribution in [0.25, 0.3) is 0 Å². The summed E-state index contributed by atoms with van der Waals surface area (Å²) in [5.74, 6) is 0. The maximum absolute atomic E-state index is 12.0. The van der Waals surface area contributed by atoms with Crippen LogP contribution in [0.3, 0.4) is 0 Å². The third kappa shape index (κ3) is 6.20. The van der Waals surface area contributed by atoms with Crippen molar-refractivity contribution in [3.63, 3.8) is 0 Å². The van der Waals surface area contributed by atoms with Gasteiger partial charge in [0.05, 0.1) is 0 Å². The Labute approximate surface area is 163 Å². The zero-order chi connectivity index (χ0) is 19.5. The van der Waals surface area contributed by atoms with Gasteiger partial charge in [-0.15, -0.1) is 0 Å². The van der Waals surface area contributed by atoms with Gasteiger partial charge in [0.1, 0.15) is 5.60 Å². The predicted octanol–water partition coefficient (Wildman–Crippen LogP) is 4.34. The first-order chi connectivity index (χ1) is 12.0. The number of benzene rings is 1. The molecule has 2 N–H and O–H groups in total. The number of hydrogen-bond donors (Lipinski definition) is 2. The van der Waals surface area contributed by atoms with Crippen molar-refractivity contribution in [3.05, 3.63) is 33.8 Å². The van der Waals surface area contributed by atoms with E-state index in [4.69, 9.17) is 4.74 Å². The summed E-state index contributed by atoms with van der Waals surface area (Å²) in [5, 5.41) is 12.4. The van der Waals surface area contributed by atoms with E-state index in [1.165, 1.54) is 4.90 Å². The highest BCUT2D eigenvalue weighted by atomic mass is 79.9. The molecule has 6 nitrogen and oxygen atoms in total. The van der Waals surface area contributed by atoms with E-state index in [-0.39, 0.29) is 12.1 Å². The second kappa shape index (κ2) is 8.29. The summed E-state index contributed by atoms with van der Waals surface area (Å²) in [4.78, 5) is 25.1. The number of carbonyl (C=O) groups excluding carboxylic acids is 1. The van der Waals surface area contributed by atoms with Gasteiger partial charge in [0, 0.05) is 23.1 Å². The van der Waals surface area contributed by atoms with Crippen molar-refractivity contribution >= 4 is 28.1 Å². The fourth-order valence-corrected chi connectivity index (χ4v) is 3.96. The molecule has 0 aromatic heterocycles. The van der Waals surface area contributed by atoms with Gasteiger partial charge < -0.3 is 20.1 Å². The minimum Gasteiger partial charge on any atom is -0.465 e. The Hall–Kier alpha value is -1.76. The Morgan fingerprint density at radius 1 is 1.35 bits per heavy atom. The Morgan fingerprint density at radius 3 is 2.62 bits per heavy atom. The van der Waals surface area contributed by atoms with E-state index in [9.17, 15) is 14.7 Å². The molecule has 2 unspecified atom stereocenters. The van der Waals surface area contributed by atoms with Crippen molar-refractivity contribution in [3.8, 4) is 0 Å².